The monoisotopic (exact) mass is 251 g/mol. The highest BCUT2D eigenvalue weighted by molar-refractivity contribution is 6.52. The second-order valence-corrected chi connectivity index (χ2v) is 4.00. The van der Waals surface area contributed by atoms with Gasteiger partial charge in [0.2, 0.25) is 0 Å². The summed E-state index contributed by atoms with van der Waals surface area (Å²) < 4.78 is 26.6. The van der Waals surface area contributed by atoms with Crippen molar-refractivity contribution in [2.75, 3.05) is 11.4 Å². The Hall–Kier alpha value is -2.04. The molecule has 0 aliphatic carbocycles. The molecule has 94 valence electrons. The maximum absolute atomic E-state index is 13.5. The summed E-state index contributed by atoms with van der Waals surface area (Å²) in [6, 6.07) is 1.62. The van der Waals surface area contributed by atoms with Gasteiger partial charge in [0.15, 0.2) is 0 Å². The number of hydrogen-bond donors (Lipinski definition) is 0. The van der Waals surface area contributed by atoms with Crippen LogP contribution in [0.25, 0.3) is 0 Å². The number of nitrogens with zero attached hydrogens (tertiary/aromatic N) is 1. The summed E-state index contributed by atoms with van der Waals surface area (Å²) in [6.07, 6.45) is 2.92. The van der Waals surface area contributed by atoms with Crippen LogP contribution in [0.4, 0.5) is 14.5 Å². The van der Waals surface area contributed by atoms with E-state index in [-0.39, 0.29) is 17.8 Å². The minimum atomic E-state index is -0.991. The zero-order valence-electron chi connectivity index (χ0n) is 9.58. The molecule has 1 heterocycles. The Labute approximate surface area is 103 Å². The molecule has 1 amide bonds. The van der Waals surface area contributed by atoms with Crippen molar-refractivity contribution in [3.8, 4) is 0 Å². The van der Waals surface area contributed by atoms with Gasteiger partial charge in [-0.05, 0) is 18.9 Å². The van der Waals surface area contributed by atoms with Crippen LogP contribution in [0.1, 0.15) is 23.2 Å². The van der Waals surface area contributed by atoms with Gasteiger partial charge in [0.05, 0.1) is 11.3 Å². The number of allylic oxidation sites excluding steroid dienone is 1. The number of carbonyl (C=O) groups is 2. The van der Waals surface area contributed by atoms with E-state index in [0.717, 1.165) is 11.0 Å². The van der Waals surface area contributed by atoms with Crippen LogP contribution in [0.15, 0.2) is 24.8 Å². The second-order valence-electron chi connectivity index (χ2n) is 4.00. The standard InChI is InChI=1S/C13H11F2NO2/c1-2-3-4-5-16-10-7-8(14)6-9(15)11(10)12(17)13(16)18/h2,6-7H,1,3-5H2. The number of Topliss-reactive ketones (excluding diaryl/α,β-unsaturated/α-hetero) is 1. The predicted octanol–water partition coefficient (Wildman–Crippen LogP) is 2.46. The quantitative estimate of drug-likeness (QED) is 0.468. The molecule has 1 aliphatic rings. The van der Waals surface area contributed by atoms with Crippen LogP contribution in [0.3, 0.4) is 0 Å². The minimum Gasteiger partial charge on any atom is -0.305 e. The first kappa shape index (κ1) is 12.4. The lowest BCUT2D eigenvalue weighted by molar-refractivity contribution is -0.114. The van der Waals surface area contributed by atoms with Gasteiger partial charge in [-0.2, -0.15) is 0 Å². The molecule has 1 aliphatic heterocycles. The Bertz CT molecular complexity index is 540. The molecule has 0 unspecified atom stereocenters. The molecule has 0 fully saturated rings. The van der Waals surface area contributed by atoms with Crippen LogP contribution in [0, 0.1) is 11.6 Å². The van der Waals surface area contributed by atoms with Crippen LogP contribution < -0.4 is 4.90 Å². The van der Waals surface area contributed by atoms with E-state index in [1.54, 1.807) is 6.08 Å². The van der Waals surface area contributed by atoms with Gasteiger partial charge in [-0.25, -0.2) is 8.78 Å². The van der Waals surface area contributed by atoms with Crippen LogP contribution >= 0.6 is 0 Å². The number of anilines is 1. The van der Waals surface area contributed by atoms with Crippen LogP contribution in [-0.4, -0.2) is 18.2 Å². The van der Waals surface area contributed by atoms with Gasteiger partial charge < -0.3 is 4.90 Å². The lowest BCUT2D eigenvalue weighted by atomic mass is 10.1. The number of benzene rings is 1. The molecule has 1 aromatic rings. The fourth-order valence-corrected chi connectivity index (χ4v) is 1.95. The third kappa shape index (κ3) is 1.92. The largest absolute Gasteiger partial charge is 0.305 e. The Balaban J connectivity index is 2.38. The van der Waals surface area contributed by atoms with Crippen molar-refractivity contribution < 1.29 is 18.4 Å². The van der Waals surface area contributed by atoms with E-state index in [2.05, 4.69) is 6.58 Å². The Morgan fingerprint density at radius 3 is 2.67 bits per heavy atom. The molecule has 2 rings (SSSR count). The molecule has 0 saturated heterocycles. The molecular formula is C13H11F2NO2. The van der Waals surface area contributed by atoms with Crippen LogP contribution in [0.5, 0.6) is 0 Å². The Morgan fingerprint density at radius 1 is 1.28 bits per heavy atom. The summed E-state index contributed by atoms with van der Waals surface area (Å²) in [5, 5.41) is 0. The third-order valence-electron chi connectivity index (χ3n) is 2.78. The van der Waals surface area contributed by atoms with E-state index in [1.807, 2.05) is 0 Å². The zero-order chi connectivity index (χ0) is 13.3. The van der Waals surface area contributed by atoms with Gasteiger partial charge in [-0.3, -0.25) is 9.59 Å². The molecule has 5 heteroatoms. The van der Waals surface area contributed by atoms with Gasteiger partial charge in [0, 0.05) is 12.6 Å². The smallest absolute Gasteiger partial charge is 0.299 e. The maximum atomic E-state index is 13.5. The summed E-state index contributed by atoms with van der Waals surface area (Å²) in [5.74, 6) is -3.52. The molecule has 0 saturated carbocycles. The number of amides is 1. The summed E-state index contributed by atoms with van der Waals surface area (Å²) in [5.41, 5.74) is -0.313. The van der Waals surface area contributed by atoms with Crippen molar-refractivity contribution in [1.29, 1.82) is 0 Å². The first-order chi connectivity index (χ1) is 8.56. The fraction of sp³-hybridized carbons (Fsp3) is 0.231. The van der Waals surface area contributed by atoms with E-state index in [9.17, 15) is 18.4 Å². The van der Waals surface area contributed by atoms with E-state index >= 15 is 0 Å². The molecule has 0 N–H and O–H groups in total. The predicted molar refractivity (Wildman–Crippen MR) is 62.5 cm³/mol. The van der Waals surface area contributed by atoms with E-state index in [0.29, 0.717) is 18.9 Å². The van der Waals surface area contributed by atoms with Crippen molar-refractivity contribution in [2.45, 2.75) is 12.8 Å². The van der Waals surface area contributed by atoms with Crippen molar-refractivity contribution >= 4 is 17.4 Å². The van der Waals surface area contributed by atoms with E-state index < -0.39 is 23.3 Å². The highest BCUT2D eigenvalue weighted by Gasteiger charge is 2.38. The average Bonchev–Trinajstić information content (AvgIpc) is 2.54. The van der Waals surface area contributed by atoms with Gasteiger partial charge >= 0.3 is 0 Å². The highest BCUT2D eigenvalue weighted by Crippen LogP contribution is 2.32. The van der Waals surface area contributed by atoms with Gasteiger partial charge in [-0.1, -0.05) is 6.08 Å². The highest BCUT2D eigenvalue weighted by atomic mass is 19.1. The first-order valence-electron chi connectivity index (χ1n) is 5.52. The van der Waals surface area contributed by atoms with Gasteiger partial charge in [0.1, 0.15) is 11.6 Å². The Morgan fingerprint density at radius 2 is 2.00 bits per heavy atom. The molecule has 0 spiro atoms. The van der Waals surface area contributed by atoms with Crippen LogP contribution in [-0.2, 0) is 4.79 Å². The molecule has 3 nitrogen and oxygen atoms in total. The van der Waals surface area contributed by atoms with Gasteiger partial charge in [-0.15, -0.1) is 6.58 Å². The average molecular weight is 251 g/mol. The number of halogens is 2. The number of unbranched alkanes of at least 4 members (excludes halogenated alkanes) is 1. The SMILES string of the molecule is C=CCCCN1C(=O)C(=O)c2c(F)cc(F)cc21. The normalized spacial score (nSPS) is 14.0. The van der Waals surface area contributed by atoms with Crippen molar-refractivity contribution in [3.05, 3.63) is 42.0 Å². The third-order valence-corrected chi connectivity index (χ3v) is 2.78. The van der Waals surface area contributed by atoms with E-state index in [1.165, 1.54) is 0 Å². The lowest BCUT2D eigenvalue weighted by Gasteiger charge is -2.15. The Kier molecular flexibility index (Phi) is 3.23. The minimum absolute atomic E-state index is 0.0200. The topological polar surface area (TPSA) is 37.4 Å². The number of fused-ring (bicyclic) bond motifs is 1. The maximum Gasteiger partial charge on any atom is 0.299 e. The van der Waals surface area contributed by atoms with Crippen molar-refractivity contribution in [1.82, 2.24) is 0 Å². The van der Waals surface area contributed by atoms with Gasteiger partial charge in [0.25, 0.3) is 11.7 Å². The number of ketones is 1. The molecule has 0 bridgehead atoms. The van der Waals surface area contributed by atoms with Crippen LogP contribution in [0.2, 0.25) is 0 Å². The van der Waals surface area contributed by atoms with Crippen molar-refractivity contribution in [2.24, 2.45) is 0 Å². The summed E-state index contributed by atoms with van der Waals surface area (Å²) >= 11 is 0. The zero-order valence-corrected chi connectivity index (χ0v) is 9.58. The fourth-order valence-electron chi connectivity index (χ4n) is 1.95. The molecule has 1 aromatic carbocycles. The van der Waals surface area contributed by atoms with Crippen molar-refractivity contribution in [3.63, 3.8) is 0 Å². The summed E-state index contributed by atoms with van der Waals surface area (Å²) in [7, 11) is 0. The number of rotatable bonds is 4. The summed E-state index contributed by atoms with van der Waals surface area (Å²) in [6.45, 7) is 3.78. The molecule has 0 aromatic heterocycles. The lowest BCUT2D eigenvalue weighted by Crippen LogP contribution is -2.30. The van der Waals surface area contributed by atoms with E-state index in [4.69, 9.17) is 0 Å². The summed E-state index contributed by atoms with van der Waals surface area (Å²) in [4.78, 5) is 24.4. The molecule has 0 radical (unpaired) electrons. The second kappa shape index (κ2) is 4.68. The number of carbonyl (C=O) groups excluding carboxylic acids is 2. The number of hydrogen-bond acceptors (Lipinski definition) is 2. The molecule has 18 heavy (non-hydrogen) atoms. The first-order valence-corrected chi connectivity index (χ1v) is 5.52. The molecular weight excluding hydrogens is 240 g/mol. The molecule has 0 atom stereocenters.